The Balaban J connectivity index is 1.76. The van der Waals surface area contributed by atoms with Crippen molar-refractivity contribution in [1.29, 1.82) is 0 Å². The molecule has 2 atom stereocenters. The van der Waals surface area contributed by atoms with Gasteiger partial charge in [-0.1, -0.05) is 30.3 Å². The van der Waals surface area contributed by atoms with Gasteiger partial charge in [0.2, 0.25) is 5.91 Å². The molecule has 4 rings (SSSR count). The van der Waals surface area contributed by atoms with Crippen LogP contribution >= 0.6 is 0 Å². The number of carbonyl (C=O) groups excluding carboxylic acids is 1. The Hall–Kier alpha value is -2.23. The fraction of sp³-hybridized carbons (Fsp3) is 0.353. The van der Waals surface area contributed by atoms with Crippen LogP contribution in [0.3, 0.4) is 0 Å². The summed E-state index contributed by atoms with van der Waals surface area (Å²) in [5, 5.41) is 0. The molecule has 21 heavy (non-hydrogen) atoms. The highest BCUT2D eigenvalue weighted by Gasteiger charge is 2.42. The predicted octanol–water partition coefficient (Wildman–Crippen LogP) is 2.75. The van der Waals surface area contributed by atoms with E-state index in [1.165, 1.54) is 0 Å². The first-order valence-corrected chi connectivity index (χ1v) is 7.44. The van der Waals surface area contributed by atoms with E-state index in [1.54, 1.807) is 6.92 Å². The normalized spacial score (nSPS) is 23.0. The van der Waals surface area contributed by atoms with Gasteiger partial charge in [-0.15, -0.1) is 0 Å². The Labute approximate surface area is 123 Å². The van der Waals surface area contributed by atoms with Gasteiger partial charge in [0, 0.05) is 36.7 Å². The zero-order valence-electron chi connectivity index (χ0n) is 12.0. The van der Waals surface area contributed by atoms with Crippen molar-refractivity contribution in [1.82, 2.24) is 14.9 Å². The Morgan fingerprint density at radius 1 is 1.24 bits per heavy atom. The maximum Gasteiger partial charge on any atom is 0.220 e. The van der Waals surface area contributed by atoms with Gasteiger partial charge in [-0.2, -0.15) is 0 Å². The van der Waals surface area contributed by atoms with Gasteiger partial charge in [0.25, 0.3) is 0 Å². The second kappa shape index (κ2) is 4.65. The summed E-state index contributed by atoms with van der Waals surface area (Å²) in [5.41, 5.74) is 3.30. The molecule has 1 saturated heterocycles. The standard InChI is InChI=1S/C17H17N3O/c1-11(21)20-13-7-8-16(20)14-10-18-17(19-15(14)9-13)12-5-3-2-4-6-12/h2-6,10,13,16H,7-9H2,1H3. The molecule has 2 aromatic rings. The van der Waals surface area contributed by atoms with E-state index in [9.17, 15) is 4.79 Å². The Morgan fingerprint density at radius 2 is 2.05 bits per heavy atom. The molecule has 1 fully saturated rings. The summed E-state index contributed by atoms with van der Waals surface area (Å²) in [7, 11) is 0. The minimum absolute atomic E-state index is 0.167. The van der Waals surface area contributed by atoms with Crippen molar-refractivity contribution in [3.8, 4) is 11.4 Å². The van der Waals surface area contributed by atoms with E-state index in [1.807, 2.05) is 41.4 Å². The highest BCUT2D eigenvalue weighted by Crippen LogP contribution is 2.43. The summed E-state index contributed by atoms with van der Waals surface area (Å²) in [6, 6.07) is 10.5. The third kappa shape index (κ3) is 1.94. The van der Waals surface area contributed by atoms with E-state index in [0.29, 0.717) is 6.04 Å². The van der Waals surface area contributed by atoms with Crippen LogP contribution in [0, 0.1) is 0 Å². The maximum atomic E-state index is 11.8. The largest absolute Gasteiger partial charge is 0.332 e. The molecular formula is C17H17N3O. The fourth-order valence-electron chi connectivity index (χ4n) is 3.68. The summed E-state index contributed by atoms with van der Waals surface area (Å²) in [6.45, 7) is 1.66. The van der Waals surface area contributed by atoms with Crippen molar-refractivity contribution in [3.63, 3.8) is 0 Å². The predicted molar refractivity (Wildman–Crippen MR) is 79.5 cm³/mol. The first-order valence-electron chi connectivity index (χ1n) is 7.44. The van der Waals surface area contributed by atoms with Gasteiger partial charge in [-0.05, 0) is 12.8 Å². The van der Waals surface area contributed by atoms with E-state index in [2.05, 4.69) is 4.98 Å². The first-order chi connectivity index (χ1) is 10.2. The lowest BCUT2D eigenvalue weighted by atomic mass is 9.99. The van der Waals surface area contributed by atoms with Crippen LogP contribution in [0.25, 0.3) is 11.4 Å². The fourth-order valence-corrected chi connectivity index (χ4v) is 3.68. The maximum absolute atomic E-state index is 11.8. The molecule has 2 unspecified atom stereocenters. The quantitative estimate of drug-likeness (QED) is 0.806. The van der Waals surface area contributed by atoms with E-state index in [4.69, 9.17) is 4.98 Å². The van der Waals surface area contributed by atoms with Crippen molar-refractivity contribution in [2.75, 3.05) is 0 Å². The van der Waals surface area contributed by atoms with Crippen LogP contribution in [0.15, 0.2) is 36.5 Å². The third-order valence-corrected chi connectivity index (χ3v) is 4.59. The van der Waals surface area contributed by atoms with Crippen LogP contribution in [0.1, 0.15) is 37.1 Å². The number of rotatable bonds is 1. The van der Waals surface area contributed by atoms with E-state index < -0.39 is 0 Å². The molecule has 2 aliphatic rings. The topological polar surface area (TPSA) is 46.1 Å². The molecule has 4 heteroatoms. The lowest BCUT2D eigenvalue weighted by Gasteiger charge is -2.34. The summed E-state index contributed by atoms with van der Waals surface area (Å²) < 4.78 is 0. The van der Waals surface area contributed by atoms with E-state index in [0.717, 1.165) is 41.9 Å². The van der Waals surface area contributed by atoms with Gasteiger partial charge >= 0.3 is 0 Å². The molecule has 106 valence electrons. The number of benzene rings is 1. The van der Waals surface area contributed by atoms with Crippen molar-refractivity contribution < 1.29 is 4.79 Å². The first kappa shape index (κ1) is 12.5. The molecule has 1 aromatic carbocycles. The lowest BCUT2D eigenvalue weighted by molar-refractivity contribution is -0.132. The number of fused-ring (bicyclic) bond motifs is 4. The highest BCUT2D eigenvalue weighted by atomic mass is 16.2. The zero-order chi connectivity index (χ0) is 14.4. The van der Waals surface area contributed by atoms with E-state index >= 15 is 0 Å². The Morgan fingerprint density at radius 3 is 2.81 bits per heavy atom. The van der Waals surface area contributed by atoms with Crippen LogP contribution in [0.5, 0.6) is 0 Å². The monoisotopic (exact) mass is 279 g/mol. The molecule has 1 amide bonds. The molecule has 0 saturated carbocycles. The molecule has 0 aliphatic carbocycles. The smallest absolute Gasteiger partial charge is 0.220 e. The highest BCUT2D eigenvalue weighted by molar-refractivity contribution is 5.75. The van der Waals surface area contributed by atoms with Gasteiger partial charge in [0.1, 0.15) is 0 Å². The number of aromatic nitrogens is 2. The number of hydrogen-bond donors (Lipinski definition) is 0. The molecular weight excluding hydrogens is 262 g/mol. The average Bonchev–Trinajstić information content (AvgIpc) is 2.84. The van der Waals surface area contributed by atoms with Crippen molar-refractivity contribution in [2.24, 2.45) is 0 Å². The number of amides is 1. The van der Waals surface area contributed by atoms with Gasteiger partial charge < -0.3 is 4.90 Å². The van der Waals surface area contributed by atoms with Crippen LogP contribution in [0.4, 0.5) is 0 Å². The molecule has 0 radical (unpaired) electrons. The van der Waals surface area contributed by atoms with Gasteiger partial charge in [-0.25, -0.2) is 9.97 Å². The molecule has 3 heterocycles. The molecule has 1 aromatic heterocycles. The molecule has 4 nitrogen and oxygen atoms in total. The summed E-state index contributed by atoms with van der Waals surface area (Å²) in [5.74, 6) is 0.949. The van der Waals surface area contributed by atoms with E-state index in [-0.39, 0.29) is 11.9 Å². The minimum Gasteiger partial charge on any atom is -0.332 e. The summed E-state index contributed by atoms with van der Waals surface area (Å²) in [6.07, 6.45) is 4.88. The Bertz CT molecular complexity index is 698. The van der Waals surface area contributed by atoms with Crippen molar-refractivity contribution >= 4 is 5.91 Å². The molecule has 0 N–H and O–H groups in total. The van der Waals surface area contributed by atoms with Crippen molar-refractivity contribution in [3.05, 3.63) is 47.8 Å². The third-order valence-electron chi connectivity index (χ3n) is 4.59. The summed E-state index contributed by atoms with van der Waals surface area (Å²) in [4.78, 5) is 23.2. The lowest BCUT2D eigenvalue weighted by Crippen LogP contribution is -2.41. The molecule has 2 bridgehead atoms. The zero-order valence-corrected chi connectivity index (χ0v) is 12.0. The second-order valence-corrected chi connectivity index (χ2v) is 5.84. The van der Waals surface area contributed by atoms with Gasteiger partial charge in [0.15, 0.2) is 5.82 Å². The van der Waals surface area contributed by atoms with Crippen LogP contribution in [-0.2, 0) is 11.2 Å². The number of hydrogen-bond acceptors (Lipinski definition) is 3. The number of nitrogens with zero attached hydrogens (tertiary/aromatic N) is 3. The molecule has 0 spiro atoms. The van der Waals surface area contributed by atoms with Crippen LogP contribution < -0.4 is 0 Å². The second-order valence-electron chi connectivity index (χ2n) is 5.84. The average molecular weight is 279 g/mol. The SMILES string of the molecule is CC(=O)N1C2CCC1c1cnc(-c3ccccc3)nc1C2. The number of carbonyl (C=O) groups is 1. The molecule has 2 aliphatic heterocycles. The van der Waals surface area contributed by atoms with Gasteiger partial charge in [0.05, 0.1) is 11.7 Å². The van der Waals surface area contributed by atoms with Crippen LogP contribution in [-0.4, -0.2) is 26.8 Å². The Kier molecular flexibility index (Phi) is 2.77. The van der Waals surface area contributed by atoms with Gasteiger partial charge in [-0.3, -0.25) is 4.79 Å². The van der Waals surface area contributed by atoms with Crippen molar-refractivity contribution in [2.45, 2.75) is 38.3 Å². The summed E-state index contributed by atoms with van der Waals surface area (Å²) >= 11 is 0. The minimum atomic E-state index is 0.167. The van der Waals surface area contributed by atoms with Crippen LogP contribution in [0.2, 0.25) is 0 Å².